The van der Waals surface area contributed by atoms with Gasteiger partial charge in [-0.2, -0.15) is 0 Å². The van der Waals surface area contributed by atoms with Crippen LogP contribution >= 0.6 is 11.3 Å². The first kappa shape index (κ1) is 9.37. The number of nitrogens with zero attached hydrogens (tertiary/aromatic N) is 1. The van der Waals surface area contributed by atoms with Gasteiger partial charge in [0.1, 0.15) is 0 Å². The average molecular weight is 204 g/mol. The molecule has 0 saturated heterocycles. The zero-order valence-corrected chi connectivity index (χ0v) is 8.84. The lowest BCUT2D eigenvalue weighted by Gasteiger charge is -2.05. The van der Waals surface area contributed by atoms with Crippen LogP contribution < -0.4 is 5.73 Å². The quantitative estimate of drug-likeness (QED) is 0.816. The molecule has 0 saturated carbocycles. The van der Waals surface area contributed by atoms with Crippen molar-refractivity contribution in [3.05, 3.63) is 41.0 Å². The smallest absolute Gasteiger partial charge is 0.0801 e. The monoisotopic (exact) mass is 204 g/mol. The molecule has 2 nitrogen and oxygen atoms in total. The zero-order valence-electron chi connectivity index (χ0n) is 8.03. The number of thiazole rings is 1. The van der Waals surface area contributed by atoms with E-state index in [4.69, 9.17) is 5.73 Å². The van der Waals surface area contributed by atoms with Gasteiger partial charge in [-0.3, -0.25) is 0 Å². The molecule has 14 heavy (non-hydrogen) atoms. The van der Waals surface area contributed by atoms with Gasteiger partial charge in [-0.05, 0) is 18.1 Å². The molecule has 0 amide bonds. The van der Waals surface area contributed by atoms with Crippen molar-refractivity contribution in [1.82, 2.24) is 4.98 Å². The third-order valence-corrected chi connectivity index (χ3v) is 3.19. The van der Waals surface area contributed by atoms with Crippen LogP contribution in [-0.2, 0) is 6.54 Å². The van der Waals surface area contributed by atoms with E-state index in [9.17, 15) is 0 Å². The van der Waals surface area contributed by atoms with E-state index < -0.39 is 0 Å². The lowest BCUT2D eigenvalue weighted by molar-refractivity contribution is 1.07. The van der Waals surface area contributed by atoms with Crippen LogP contribution in [0.1, 0.15) is 11.3 Å². The molecular weight excluding hydrogens is 192 g/mol. The maximum Gasteiger partial charge on any atom is 0.0801 e. The Morgan fingerprint density at radius 2 is 2.14 bits per heavy atom. The lowest BCUT2D eigenvalue weighted by Crippen LogP contribution is -1.98. The maximum absolute atomic E-state index is 5.69. The first-order valence-electron chi connectivity index (χ1n) is 4.51. The normalized spacial score (nSPS) is 10.4. The van der Waals surface area contributed by atoms with Gasteiger partial charge in [0.2, 0.25) is 0 Å². The largest absolute Gasteiger partial charge is 0.326 e. The summed E-state index contributed by atoms with van der Waals surface area (Å²) in [5, 5.41) is 0. The number of aryl methyl sites for hydroxylation is 1. The summed E-state index contributed by atoms with van der Waals surface area (Å²) in [7, 11) is 0. The van der Waals surface area contributed by atoms with Crippen molar-refractivity contribution in [3.63, 3.8) is 0 Å². The van der Waals surface area contributed by atoms with Crippen LogP contribution in [0.25, 0.3) is 10.4 Å². The fourth-order valence-electron chi connectivity index (χ4n) is 1.48. The van der Waals surface area contributed by atoms with Gasteiger partial charge < -0.3 is 5.73 Å². The summed E-state index contributed by atoms with van der Waals surface area (Å²) >= 11 is 1.67. The molecule has 1 heterocycles. The third kappa shape index (κ3) is 1.56. The summed E-state index contributed by atoms with van der Waals surface area (Å²) in [5.41, 5.74) is 11.0. The van der Waals surface area contributed by atoms with Crippen LogP contribution in [0, 0.1) is 6.92 Å². The fraction of sp³-hybridized carbons (Fsp3) is 0.182. The van der Waals surface area contributed by atoms with E-state index >= 15 is 0 Å². The van der Waals surface area contributed by atoms with Crippen LogP contribution in [0.3, 0.4) is 0 Å². The minimum atomic E-state index is 0.577. The molecule has 0 radical (unpaired) electrons. The van der Waals surface area contributed by atoms with Gasteiger partial charge in [0.25, 0.3) is 0 Å². The predicted octanol–water partition coefficient (Wildman–Crippen LogP) is 2.58. The molecule has 0 aliphatic heterocycles. The molecule has 0 spiro atoms. The molecule has 0 aliphatic rings. The topological polar surface area (TPSA) is 38.9 Å². The van der Waals surface area contributed by atoms with E-state index in [1.807, 2.05) is 24.6 Å². The molecular formula is C11H12N2S. The Bertz CT molecular complexity index is 434. The van der Waals surface area contributed by atoms with Crippen molar-refractivity contribution in [3.8, 4) is 10.4 Å². The maximum atomic E-state index is 5.69. The van der Waals surface area contributed by atoms with E-state index in [2.05, 4.69) is 17.1 Å². The standard InChI is InChI=1S/C11H12N2S/c1-8-11(14-7-13-8)10-5-3-2-4-9(10)6-12/h2-5,7H,6,12H2,1H3. The summed E-state index contributed by atoms with van der Waals surface area (Å²) in [6.45, 7) is 2.60. The Hall–Kier alpha value is -1.19. The third-order valence-electron chi connectivity index (χ3n) is 2.23. The highest BCUT2D eigenvalue weighted by Crippen LogP contribution is 2.29. The second-order valence-corrected chi connectivity index (χ2v) is 3.98. The molecule has 0 bridgehead atoms. The summed E-state index contributed by atoms with van der Waals surface area (Å²) in [6, 6.07) is 8.22. The number of benzene rings is 1. The SMILES string of the molecule is Cc1ncsc1-c1ccccc1CN. The van der Waals surface area contributed by atoms with Gasteiger partial charge in [-0.25, -0.2) is 4.98 Å². The number of nitrogens with two attached hydrogens (primary N) is 1. The van der Waals surface area contributed by atoms with Crippen LogP contribution in [0.2, 0.25) is 0 Å². The second kappa shape index (κ2) is 3.90. The van der Waals surface area contributed by atoms with E-state index in [1.165, 1.54) is 16.0 Å². The Kier molecular flexibility index (Phi) is 2.61. The Morgan fingerprint density at radius 3 is 2.79 bits per heavy atom. The number of aromatic nitrogens is 1. The first-order valence-corrected chi connectivity index (χ1v) is 5.39. The van der Waals surface area contributed by atoms with Crippen molar-refractivity contribution in [1.29, 1.82) is 0 Å². The average Bonchev–Trinajstić information content (AvgIpc) is 2.64. The van der Waals surface area contributed by atoms with Crippen LogP contribution in [0.4, 0.5) is 0 Å². The molecule has 2 rings (SSSR count). The molecule has 2 aromatic rings. The van der Waals surface area contributed by atoms with Gasteiger partial charge >= 0.3 is 0 Å². The van der Waals surface area contributed by atoms with Crippen molar-refractivity contribution in [2.24, 2.45) is 5.73 Å². The van der Waals surface area contributed by atoms with Crippen molar-refractivity contribution < 1.29 is 0 Å². The summed E-state index contributed by atoms with van der Waals surface area (Å²) in [6.07, 6.45) is 0. The van der Waals surface area contributed by atoms with Crippen LogP contribution in [-0.4, -0.2) is 4.98 Å². The van der Waals surface area contributed by atoms with E-state index in [0.717, 1.165) is 5.69 Å². The van der Waals surface area contributed by atoms with Gasteiger partial charge in [-0.1, -0.05) is 24.3 Å². The number of hydrogen-bond donors (Lipinski definition) is 1. The molecule has 3 heteroatoms. The summed E-state index contributed by atoms with van der Waals surface area (Å²) < 4.78 is 0. The van der Waals surface area contributed by atoms with Gasteiger partial charge in [0, 0.05) is 6.54 Å². The first-order chi connectivity index (χ1) is 6.83. The minimum absolute atomic E-state index is 0.577. The Balaban J connectivity index is 2.56. The van der Waals surface area contributed by atoms with Gasteiger partial charge in [-0.15, -0.1) is 11.3 Å². The highest BCUT2D eigenvalue weighted by molar-refractivity contribution is 7.13. The summed E-state index contributed by atoms with van der Waals surface area (Å²) in [4.78, 5) is 5.47. The molecule has 0 unspecified atom stereocenters. The van der Waals surface area contributed by atoms with Crippen molar-refractivity contribution >= 4 is 11.3 Å². The van der Waals surface area contributed by atoms with Crippen LogP contribution in [0.15, 0.2) is 29.8 Å². The zero-order chi connectivity index (χ0) is 9.97. The van der Waals surface area contributed by atoms with Crippen molar-refractivity contribution in [2.45, 2.75) is 13.5 Å². The van der Waals surface area contributed by atoms with E-state index in [-0.39, 0.29) is 0 Å². The van der Waals surface area contributed by atoms with Crippen molar-refractivity contribution in [2.75, 3.05) is 0 Å². The summed E-state index contributed by atoms with van der Waals surface area (Å²) in [5.74, 6) is 0. The van der Waals surface area contributed by atoms with Crippen LogP contribution in [0.5, 0.6) is 0 Å². The van der Waals surface area contributed by atoms with E-state index in [0.29, 0.717) is 6.54 Å². The Labute approximate surface area is 87.4 Å². The predicted molar refractivity (Wildman–Crippen MR) is 60.2 cm³/mol. The molecule has 1 aromatic carbocycles. The molecule has 2 N–H and O–H groups in total. The molecule has 0 fully saturated rings. The lowest BCUT2D eigenvalue weighted by atomic mass is 10.1. The Morgan fingerprint density at radius 1 is 1.36 bits per heavy atom. The molecule has 1 aromatic heterocycles. The second-order valence-electron chi connectivity index (χ2n) is 3.13. The highest BCUT2D eigenvalue weighted by atomic mass is 32.1. The molecule has 72 valence electrons. The van der Waals surface area contributed by atoms with Gasteiger partial charge in [0.05, 0.1) is 16.1 Å². The number of hydrogen-bond acceptors (Lipinski definition) is 3. The molecule has 0 aliphatic carbocycles. The van der Waals surface area contributed by atoms with Gasteiger partial charge in [0.15, 0.2) is 0 Å². The highest BCUT2D eigenvalue weighted by Gasteiger charge is 2.07. The minimum Gasteiger partial charge on any atom is -0.326 e. The molecule has 0 atom stereocenters. The number of rotatable bonds is 2. The van der Waals surface area contributed by atoms with E-state index in [1.54, 1.807) is 11.3 Å². The fourth-order valence-corrected chi connectivity index (χ4v) is 2.35.